The smallest absolute Gasteiger partial charge is 0.0677 e. The fraction of sp³-hybridized carbons (Fsp3) is 0.588. The van der Waals surface area contributed by atoms with Crippen molar-refractivity contribution in [2.24, 2.45) is 4.99 Å². The molecule has 0 radical (unpaired) electrons. The van der Waals surface area contributed by atoms with Crippen molar-refractivity contribution < 1.29 is 0 Å². The molecular weight excluding hydrogens is 232 g/mol. The number of nitrogens with zero attached hydrogens (tertiary/aromatic N) is 1. The molecule has 0 amide bonds. The molecule has 0 saturated carbocycles. The van der Waals surface area contributed by atoms with Gasteiger partial charge in [-0.25, -0.2) is 0 Å². The molecule has 2 heteroatoms. The lowest BCUT2D eigenvalue weighted by Gasteiger charge is -2.33. The average molecular weight is 254 g/mol. The van der Waals surface area contributed by atoms with Crippen molar-refractivity contribution in [1.29, 1.82) is 0 Å². The van der Waals surface area contributed by atoms with Crippen molar-refractivity contribution in [3.05, 3.63) is 29.8 Å². The minimum Gasteiger partial charge on any atom is -0.297 e. The average Bonchev–Trinajstić information content (AvgIpc) is 2.78. The van der Waals surface area contributed by atoms with E-state index in [1.807, 2.05) is 0 Å². The van der Waals surface area contributed by atoms with Gasteiger partial charge in [0.15, 0.2) is 0 Å². The van der Waals surface area contributed by atoms with Crippen LogP contribution in [0.4, 0.5) is 5.69 Å². The molecular formula is C17H22N2. The Morgan fingerprint density at radius 1 is 0.895 bits per heavy atom. The molecule has 1 N–H and O–H groups in total. The second-order valence-corrected chi connectivity index (χ2v) is 6.55. The van der Waals surface area contributed by atoms with Gasteiger partial charge in [0, 0.05) is 11.8 Å². The fourth-order valence-electron chi connectivity index (χ4n) is 4.32. The first-order valence-electron chi connectivity index (χ1n) is 7.76. The van der Waals surface area contributed by atoms with E-state index in [1.54, 1.807) is 0 Å². The summed E-state index contributed by atoms with van der Waals surface area (Å²) in [4.78, 5) is 4.82. The number of aliphatic imine (C=N–C) groups is 1. The van der Waals surface area contributed by atoms with E-state index in [1.165, 1.54) is 62.6 Å². The van der Waals surface area contributed by atoms with Crippen molar-refractivity contribution in [2.45, 2.75) is 62.4 Å². The van der Waals surface area contributed by atoms with Gasteiger partial charge < -0.3 is 0 Å². The monoisotopic (exact) mass is 254 g/mol. The number of benzene rings is 1. The minimum atomic E-state index is 0.170. The van der Waals surface area contributed by atoms with Gasteiger partial charge in [-0.1, -0.05) is 43.9 Å². The zero-order valence-electron chi connectivity index (χ0n) is 11.5. The second kappa shape index (κ2) is 4.17. The van der Waals surface area contributed by atoms with Crippen LogP contribution in [0.3, 0.4) is 0 Å². The van der Waals surface area contributed by atoms with E-state index in [9.17, 15) is 0 Å². The van der Waals surface area contributed by atoms with Crippen molar-refractivity contribution in [3.63, 3.8) is 0 Å². The summed E-state index contributed by atoms with van der Waals surface area (Å²) in [5.41, 5.74) is 2.99. The first kappa shape index (κ1) is 11.7. The molecule has 0 aliphatic carbocycles. The first-order valence-corrected chi connectivity index (χ1v) is 7.76. The van der Waals surface area contributed by atoms with Crippen LogP contribution < -0.4 is 5.32 Å². The molecule has 2 fully saturated rings. The number of hydrogen-bond donors (Lipinski definition) is 1. The molecule has 19 heavy (non-hydrogen) atoms. The van der Waals surface area contributed by atoms with Crippen molar-refractivity contribution in [3.8, 4) is 0 Å². The van der Waals surface area contributed by atoms with Crippen molar-refractivity contribution in [1.82, 2.24) is 5.32 Å². The third-order valence-corrected chi connectivity index (χ3v) is 5.33. The van der Waals surface area contributed by atoms with Gasteiger partial charge in [0.1, 0.15) is 0 Å². The SMILES string of the molecule is C1=Nc2ccccc2C23CCCCCCC1(CC2)N3. The standard InChI is InChI=1S/C17H22N2/c1-2-6-10-17-12-11-16(19-17,9-5-1)13-18-15-8-4-3-7-14(15)17/h3-4,7-8,13,19H,1-2,5-6,9-12H2. The molecule has 2 bridgehead atoms. The lowest BCUT2D eigenvalue weighted by molar-refractivity contribution is 0.321. The van der Waals surface area contributed by atoms with Crippen LogP contribution in [0.1, 0.15) is 56.9 Å². The van der Waals surface area contributed by atoms with Gasteiger partial charge in [0.25, 0.3) is 0 Å². The summed E-state index contributed by atoms with van der Waals surface area (Å²) in [6.07, 6.45) is 12.7. The predicted molar refractivity (Wildman–Crippen MR) is 79.1 cm³/mol. The Hall–Kier alpha value is -1.15. The van der Waals surface area contributed by atoms with Gasteiger partial charge in [-0.05, 0) is 37.3 Å². The summed E-state index contributed by atoms with van der Waals surface area (Å²) in [6.45, 7) is 0. The molecule has 0 aromatic heterocycles. The van der Waals surface area contributed by atoms with Crippen LogP contribution in [0.15, 0.2) is 29.3 Å². The summed E-state index contributed by atoms with van der Waals surface area (Å²) in [5.74, 6) is 0. The van der Waals surface area contributed by atoms with Crippen LogP contribution >= 0.6 is 0 Å². The number of fused-ring (bicyclic) bond motifs is 1. The maximum Gasteiger partial charge on any atom is 0.0677 e. The largest absolute Gasteiger partial charge is 0.297 e. The van der Waals surface area contributed by atoms with Gasteiger partial charge in [-0.3, -0.25) is 10.3 Å². The molecule has 2 nitrogen and oxygen atoms in total. The molecule has 100 valence electrons. The third kappa shape index (κ3) is 1.77. The van der Waals surface area contributed by atoms with Gasteiger partial charge in [-0.15, -0.1) is 0 Å². The highest BCUT2D eigenvalue weighted by atomic mass is 15.1. The van der Waals surface area contributed by atoms with E-state index < -0.39 is 0 Å². The Labute approximate surface area is 115 Å². The van der Waals surface area contributed by atoms with E-state index in [4.69, 9.17) is 4.99 Å². The van der Waals surface area contributed by atoms with Crippen LogP contribution in [0.2, 0.25) is 0 Å². The molecule has 2 atom stereocenters. The Morgan fingerprint density at radius 3 is 2.68 bits per heavy atom. The van der Waals surface area contributed by atoms with Gasteiger partial charge in [-0.2, -0.15) is 0 Å². The van der Waals surface area contributed by atoms with Crippen LogP contribution in [0.25, 0.3) is 0 Å². The van der Waals surface area contributed by atoms with E-state index in [-0.39, 0.29) is 11.1 Å². The fourth-order valence-corrected chi connectivity index (χ4v) is 4.32. The van der Waals surface area contributed by atoms with Crippen LogP contribution in [0.5, 0.6) is 0 Å². The highest BCUT2D eigenvalue weighted by molar-refractivity contribution is 5.77. The molecule has 3 aliphatic heterocycles. The second-order valence-electron chi connectivity index (χ2n) is 6.55. The van der Waals surface area contributed by atoms with Crippen molar-refractivity contribution in [2.75, 3.05) is 0 Å². The Morgan fingerprint density at radius 2 is 1.74 bits per heavy atom. The highest BCUT2D eigenvalue weighted by Crippen LogP contribution is 2.48. The number of rotatable bonds is 0. The van der Waals surface area contributed by atoms with Gasteiger partial charge in [0.05, 0.1) is 11.2 Å². The summed E-state index contributed by atoms with van der Waals surface area (Å²) >= 11 is 0. The van der Waals surface area contributed by atoms with Crippen LogP contribution in [0, 0.1) is 0 Å². The van der Waals surface area contributed by atoms with Gasteiger partial charge in [0.2, 0.25) is 0 Å². The van der Waals surface area contributed by atoms with Crippen LogP contribution in [-0.4, -0.2) is 11.8 Å². The normalized spacial score (nSPS) is 36.8. The molecule has 1 aromatic rings. The quantitative estimate of drug-likeness (QED) is 0.741. The number of para-hydroxylation sites is 1. The lowest BCUT2D eigenvalue weighted by Crippen LogP contribution is -2.48. The Kier molecular flexibility index (Phi) is 2.56. The number of hydrogen-bond acceptors (Lipinski definition) is 2. The zero-order chi connectivity index (χ0) is 12.8. The summed E-state index contributed by atoms with van der Waals surface area (Å²) in [5, 5.41) is 4.03. The summed E-state index contributed by atoms with van der Waals surface area (Å²) < 4.78 is 0. The maximum atomic E-state index is 4.82. The molecule has 1 aromatic carbocycles. The molecule has 2 unspecified atom stereocenters. The van der Waals surface area contributed by atoms with E-state index in [0.717, 1.165) is 0 Å². The van der Waals surface area contributed by atoms with Crippen LogP contribution in [-0.2, 0) is 5.54 Å². The third-order valence-electron chi connectivity index (χ3n) is 5.33. The van der Waals surface area contributed by atoms with E-state index in [2.05, 4.69) is 35.8 Å². The molecule has 3 heterocycles. The van der Waals surface area contributed by atoms with Gasteiger partial charge >= 0.3 is 0 Å². The van der Waals surface area contributed by atoms with E-state index in [0.29, 0.717) is 0 Å². The Balaban J connectivity index is 1.87. The molecule has 3 aliphatic rings. The van der Waals surface area contributed by atoms with Crippen molar-refractivity contribution >= 4 is 11.9 Å². The minimum absolute atomic E-state index is 0.170. The molecule has 2 saturated heterocycles. The topological polar surface area (TPSA) is 24.4 Å². The molecule has 4 rings (SSSR count). The summed E-state index contributed by atoms with van der Waals surface area (Å²) in [7, 11) is 0. The zero-order valence-corrected chi connectivity index (χ0v) is 11.5. The maximum absolute atomic E-state index is 4.82. The summed E-state index contributed by atoms with van der Waals surface area (Å²) in [6, 6.07) is 8.75. The predicted octanol–water partition coefficient (Wildman–Crippen LogP) is 4.07. The number of nitrogens with one attached hydrogen (secondary N) is 1. The Bertz CT molecular complexity index is 522. The first-order chi connectivity index (χ1) is 9.32. The lowest BCUT2D eigenvalue weighted by atomic mass is 9.81. The highest BCUT2D eigenvalue weighted by Gasteiger charge is 2.49. The molecule has 0 spiro atoms. The van der Waals surface area contributed by atoms with E-state index >= 15 is 0 Å².